The van der Waals surface area contributed by atoms with Crippen molar-refractivity contribution in [3.05, 3.63) is 23.7 Å². The molecule has 0 aromatic carbocycles. The number of aryl methyl sites for hydroxylation is 1. The Morgan fingerprint density at radius 1 is 1.46 bits per heavy atom. The van der Waals surface area contributed by atoms with Gasteiger partial charge in [0.1, 0.15) is 5.76 Å². The summed E-state index contributed by atoms with van der Waals surface area (Å²) in [6, 6.07) is 2.13. The van der Waals surface area contributed by atoms with Gasteiger partial charge in [-0.25, -0.2) is 0 Å². The van der Waals surface area contributed by atoms with Crippen molar-refractivity contribution in [2.75, 3.05) is 0 Å². The maximum atomic E-state index is 5.54. The molecule has 1 atom stereocenters. The monoisotopic (exact) mass is 178 g/mol. The van der Waals surface area contributed by atoms with E-state index in [1.54, 1.807) is 0 Å². The molecule has 0 fully saturated rings. The lowest BCUT2D eigenvalue weighted by molar-refractivity contribution is 0.287. The minimum Gasteiger partial charge on any atom is -0.469 e. The van der Waals surface area contributed by atoms with E-state index in [2.05, 4.69) is 26.8 Å². The second-order valence-electron chi connectivity index (χ2n) is 5.08. The molecule has 1 heteroatoms. The molecule has 0 spiro atoms. The highest BCUT2D eigenvalue weighted by Crippen LogP contribution is 2.40. The van der Waals surface area contributed by atoms with Crippen LogP contribution < -0.4 is 0 Å². The van der Waals surface area contributed by atoms with Gasteiger partial charge in [-0.1, -0.05) is 20.8 Å². The highest BCUT2D eigenvalue weighted by Gasteiger charge is 2.28. The standard InChI is InChI=1S/C12H18O/c1-9-8-12(2,3)6-4-10-5-7-13-11(9)10/h5,7,9H,4,6,8H2,1-3H3. The molecule has 1 aromatic heterocycles. The van der Waals surface area contributed by atoms with Gasteiger partial charge in [0.15, 0.2) is 0 Å². The molecule has 1 unspecified atom stereocenters. The highest BCUT2D eigenvalue weighted by molar-refractivity contribution is 5.22. The summed E-state index contributed by atoms with van der Waals surface area (Å²) in [4.78, 5) is 0. The van der Waals surface area contributed by atoms with Crippen LogP contribution in [0.1, 0.15) is 50.9 Å². The number of hydrogen-bond acceptors (Lipinski definition) is 1. The molecule has 0 bridgehead atoms. The van der Waals surface area contributed by atoms with E-state index in [9.17, 15) is 0 Å². The van der Waals surface area contributed by atoms with Gasteiger partial charge in [-0.05, 0) is 36.3 Å². The number of hydrogen-bond donors (Lipinski definition) is 0. The summed E-state index contributed by atoms with van der Waals surface area (Å²) >= 11 is 0. The van der Waals surface area contributed by atoms with E-state index in [-0.39, 0.29) is 0 Å². The Morgan fingerprint density at radius 3 is 3.00 bits per heavy atom. The van der Waals surface area contributed by atoms with Crippen LogP contribution in [-0.2, 0) is 6.42 Å². The predicted octanol–water partition coefficient (Wildman–Crippen LogP) is 3.75. The average molecular weight is 178 g/mol. The summed E-state index contributed by atoms with van der Waals surface area (Å²) in [7, 11) is 0. The van der Waals surface area contributed by atoms with Gasteiger partial charge >= 0.3 is 0 Å². The summed E-state index contributed by atoms with van der Waals surface area (Å²) in [5, 5.41) is 0. The summed E-state index contributed by atoms with van der Waals surface area (Å²) in [6.07, 6.45) is 5.54. The van der Waals surface area contributed by atoms with Gasteiger partial charge in [-0.3, -0.25) is 0 Å². The zero-order chi connectivity index (χ0) is 9.47. The molecule has 1 heterocycles. The fourth-order valence-corrected chi connectivity index (χ4v) is 2.48. The molecule has 0 amide bonds. The van der Waals surface area contributed by atoms with Crippen LogP contribution in [0.4, 0.5) is 0 Å². The van der Waals surface area contributed by atoms with Crippen LogP contribution in [0.15, 0.2) is 16.7 Å². The van der Waals surface area contributed by atoms with Gasteiger partial charge in [-0.15, -0.1) is 0 Å². The average Bonchev–Trinajstić information content (AvgIpc) is 2.43. The van der Waals surface area contributed by atoms with Crippen LogP contribution in [0, 0.1) is 5.41 Å². The van der Waals surface area contributed by atoms with Crippen LogP contribution in [0.3, 0.4) is 0 Å². The molecule has 2 rings (SSSR count). The first-order valence-electron chi connectivity index (χ1n) is 5.15. The highest BCUT2D eigenvalue weighted by atomic mass is 16.3. The van der Waals surface area contributed by atoms with Gasteiger partial charge in [0, 0.05) is 5.92 Å². The summed E-state index contributed by atoms with van der Waals surface area (Å²) < 4.78 is 5.54. The van der Waals surface area contributed by atoms with Gasteiger partial charge in [0.05, 0.1) is 6.26 Å². The summed E-state index contributed by atoms with van der Waals surface area (Å²) in [5.41, 5.74) is 1.90. The Kier molecular flexibility index (Phi) is 1.98. The zero-order valence-corrected chi connectivity index (χ0v) is 8.76. The van der Waals surface area contributed by atoms with E-state index >= 15 is 0 Å². The zero-order valence-electron chi connectivity index (χ0n) is 8.76. The maximum Gasteiger partial charge on any atom is 0.109 e. The molecular formula is C12H18O. The van der Waals surface area contributed by atoms with Crippen molar-refractivity contribution in [1.29, 1.82) is 0 Å². The molecule has 13 heavy (non-hydrogen) atoms. The first-order valence-corrected chi connectivity index (χ1v) is 5.15. The molecule has 0 radical (unpaired) electrons. The molecule has 1 aromatic rings. The smallest absolute Gasteiger partial charge is 0.109 e. The van der Waals surface area contributed by atoms with E-state index in [1.165, 1.54) is 30.6 Å². The van der Waals surface area contributed by atoms with E-state index < -0.39 is 0 Å². The first-order chi connectivity index (χ1) is 6.08. The summed E-state index contributed by atoms with van der Waals surface area (Å²) in [6.45, 7) is 6.99. The van der Waals surface area contributed by atoms with Crippen molar-refractivity contribution in [2.45, 2.75) is 46.0 Å². The maximum absolute atomic E-state index is 5.54. The van der Waals surface area contributed by atoms with Gasteiger partial charge in [-0.2, -0.15) is 0 Å². The van der Waals surface area contributed by atoms with Crippen LogP contribution >= 0.6 is 0 Å². The fourth-order valence-electron chi connectivity index (χ4n) is 2.48. The van der Waals surface area contributed by atoms with Crippen molar-refractivity contribution in [3.8, 4) is 0 Å². The van der Waals surface area contributed by atoms with Gasteiger partial charge in [0.25, 0.3) is 0 Å². The van der Waals surface area contributed by atoms with Crippen LogP contribution in [0.5, 0.6) is 0 Å². The van der Waals surface area contributed by atoms with Crippen LogP contribution in [0.25, 0.3) is 0 Å². The molecule has 1 aliphatic carbocycles. The van der Waals surface area contributed by atoms with E-state index in [0.717, 1.165) is 0 Å². The Hall–Kier alpha value is -0.720. The second-order valence-corrected chi connectivity index (χ2v) is 5.08. The molecule has 72 valence electrons. The molecule has 1 aliphatic rings. The van der Waals surface area contributed by atoms with Crippen molar-refractivity contribution in [3.63, 3.8) is 0 Å². The lowest BCUT2D eigenvalue weighted by atomic mass is 9.81. The normalized spacial score (nSPS) is 26.5. The van der Waals surface area contributed by atoms with E-state index in [1.807, 2.05) is 6.26 Å². The Bertz CT molecular complexity index is 296. The molecule has 1 nitrogen and oxygen atoms in total. The number of furan rings is 1. The van der Waals surface area contributed by atoms with Gasteiger partial charge < -0.3 is 4.42 Å². The third kappa shape index (κ3) is 1.65. The third-order valence-corrected chi connectivity index (χ3v) is 3.16. The molecule has 0 N–H and O–H groups in total. The second kappa shape index (κ2) is 2.90. The first kappa shape index (κ1) is 8.86. The largest absolute Gasteiger partial charge is 0.469 e. The minimum atomic E-state index is 0.473. The lowest BCUT2D eigenvalue weighted by Gasteiger charge is -2.24. The van der Waals surface area contributed by atoms with Crippen LogP contribution in [0.2, 0.25) is 0 Å². The Balaban J connectivity index is 2.31. The fraction of sp³-hybridized carbons (Fsp3) is 0.667. The van der Waals surface area contributed by atoms with E-state index in [4.69, 9.17) is 4.42 Å². The number of fused-ring (bicyclic) bond motifs is 1. The van der Waals surface area contributed by atoms with Crippen molar-refractivity contribution in [2.24, 2.45) is 5.41 Å². The van der Waals surface area contributed by atoms with Crippen molar-refractivity contribution >= 4 is 0 Å². The molecule has 0 aliphatic heterocycles. The van der Waals surface area contributed by atoms with Crippen molar-refractivity contribution < 1.29 is 4.42 Å². The minimum absolute atomic E-state index is 0.473. The summed E-state index contributed by atoms with van der Waals surface area (Å²) in [5.74, 6) is 1.81. The van der Waals surface area contributed by atoms with Gasteiger partial charge in [0.2, 0.25) is 0 Å². The quantitative estimate of drug-likeness (QED) is 0.551. The molecular weight excluding hydrogens is 160 g/mol. The predicted molar refractivity (Wildman–Crippen MR) is 53.8 cm³/mol. The van der Waals surface area contributed by atoms with E-state index in [0.29, 0.717) is 11.3 Å². The Labute approximate surface area is 80.1 Å². The SMILES string of the molecule is CC1CC(C)(C)CCc2ccoc21. The van der Waals surface area contributed by atoms with Crippen LogP contribution in [-0.4, -0.2) is 0 Å². The number of rotatable bonds is 0. The topological polar surface area (TPSA) is 13.1 Å². The lowest BCUT2D eigenvalue weighted by Crippen LogP contribution is -2.12. The molecule has 0 saturated heterocycles. The molecule has 0 saturated carbocycles. The van der Waals surface area contributed by atoms with Crippen molar-refractivity contribution in [1.82, 2.24) is 0 Å². The Morgan fingerprint density at radius 2 is 2.23 bits per heavy atom. The third-order valence-electron chi connectivity index (χ3n) is 3.16.